The second kappa shape index (κ2) is 6.48. The van der Waals surface area contributed by atoms with E-state index in [1.165, 1.54) is 6.07 Å². The highest BCUT2D eigenvalue weighted by molar-refractivity contribution is 9.10. The number of rotatable bonds is 2. The van der Waals surface area contributed by atoms with Gasteiger partial charge in [0.15, 0.2) is 0 Å². The normalized spacial score (nSPS) is 19.8. The Labute approximate surface area is 121 Å². The lowest BCUT2D eigenvalue weighted by molar-refractivity contribution is -0.118. The van der Waals surface area contributed by atoms with Gasteiger partial charge in [-0.3, -0.25) is 4.79 Å². The highest BCUT2D eigenvalue weighted by atomic mass is 79.9. The van der Waals surface area contributed by atoms with Gasteiger partial charge < -0.3 is 10.6 Å². The third kappa shape index (κ3) is 3.76. The van der Waals surface area contributed by atoms with Crippen LogP contribution in [-0.2, 0) is 4.79 Å². The maximum absolute atomic E-state index is 13.5. The number of amides is 1. The molecule has 3 nitrogen and oxygen atoms in total. The highest BCUT2D eigenvalue weighted by Gasteiger charge is 2.20. The second-order valence-corrected chi connectivity index (χ2v) is 5.78. The van der Waals surface area contributed by atoms with Crippen molar-refractivity contribution in [2.45, 2.75) is 38.6 Å². The molecule has 0 saturated carbocycles. The molecule has 0 aliphatic carbocycles. The van der Waals surface area contributed by atoms with E-state index in [0.29, 0.717) is 10.2 Å². The van der Waals surface area contributed by atoms with E-state index < -0.39 is 0 Å². The van der Waals surface area contributed by atoms with Crippen LogP contribution in [0.15, 0.2) is 16.6 Å². The van der Waals surface area contributed by atoms with Crippen molar-refractivity contribution in [3.05, 3.63) is 28.0 Å². The van der Waals surface area contributed by atoms with Crippen LogP contribution in [0.5, 0.6) is 0 Å². The number of halogens is 2. The van der Waals surface area contributed by atoms with Gasteiger partial charge in [0.2, 0.25) is 5.91 Å². The average molecular weight is 329 g/mol. The summed E-state index contributed by atoms with van der Waals surface area (Å²) in [4.78, 5) is 12.2. The first-order valence-electron chi connectivity index (χ1n) is 6.58. The van der Waals surface area contributed by atoms with Crippen molar-refractivity contribution in [1.82, 2.24) is 5.32 Å². The van der Waals surface area contributed by atoms with Gasteiger partial charge in [0, 0.05) is 5.69 Å². The van der Waals surface area contributed by atoms with Gasteiger partial charge in [0.05, 0.1) is 10.5 Å². The van der Waals surface area contributed by atoms with Crippen molar-refractivity contribution >= 4 is 27.5 Å². The fraction of sp³-hybridized carbons (Fsp3) is 0.500. The lowest BCUT2D eigenvalue weighted by atomic mass is 10.1. The predicted octanol–water partition coefficient (Wildman–Crippen LogP) is 3.37. The van der Waals surface area contributed by atoms with E-state index in [0.717, 1.165) is 37.8 Å². The zero-order valence-corrected chi connectivity index (χ0v) is 12.5. The Morgan fingerprint density at radius 1 is 1.42 bits per heavy atom. The zero-order valence-electron chi connectivity index (χ0n) is 10.9. The Morgan fingerprint density at radius 2 is 2.21 bits per heavy atom. The monoisotopic (exact) mass is 328 g/mol. The Kier molecular flexibility index (Phi) is 4.93. The first-order valence-corrected chi connectivity index (χ1v) is 7.37. The minimum absolute atomic E-state index is 0.0771. The van der Waals surface area contributed by atoms with E-state index in [1.807, 2.05) is 6.92 Å². The summed E-state index contributed by atoms with van der Waals surface area (Å²) in [5.74, 6) is -0.443. The summed E-state index contributed by atoms with van der Waals surface area (Å²) in [6, 6.07) is 2.85. The number of carbonyl (C=O) groups excluding carboxylic acids is 1. The van der Waals surface area contributed by atoms with Crippen LogP contribution in [0.3, 0.4) is 0 Å². The Hall–Kier alpha value is -0.940. The lowest BCUT2D eigenvalue weighted by Crippen LogP contribution is -2.40. The molecule has 19 heavy (non-hydrogen) atoms. The molecule has 1 aromatic carbocycles. The standard InChI is InChI=1S/C14H18BrFN2O/c1-9-7-10(15)11(16)8-13(9)18-14(19)12-5-3-2-4-6-17-12/h7-8,12,17H,2-6H2,1H3,(H,18,19). The molecule has 1 aliphatic rings. The predicted molar refractivity (Wildman–Crippen MR) is 77.7 cm³/mol. The molecule has 1 saturated heterocycles. The van der Waals surface area contributed by atoms with Gasteiger partial charge >= 0.3 is 0 Å². The number of nitrogens with one attached hydrogen (secondary N) is 2. The molecule has 0 bridgehead atoms. The van der Waals surface area contributed by atoms with Crippen molar-refractivity contribution in [1.29, 1.82) is 0 Å². The Bertz CT molecular complexity index is 471. The van der Waals surface area contributed by atoms with Gasteiger partial charge in [-0.25, -0.2) is 4.39 Å². The number of aryl methyl sites for hydroxylation is 1. The highest BCUT2D eigenvalue weighted by Crippen LogP contribution is 2.24. The molecule has 104 valence electrons. The van der Waals surface area contributed by atoms with Crippen molar-refractivity contribution in [3.63, 3.8) is 0 Å². The molecule has 2 rings (SSSR count). The Morgan fingerprint density at radius 3 is 3.00 bits per heavy atom. The largest absolute Gasteiger partial charge is 0.324 e. The number of anilines is 1. The van der Waals surface area contributed by atoms with Crippen LogP contribution in [0.1, 0.15) is 31.2 Å². The maximum Gasteiger partial charge on any atom is 0.241 e. The minimum atomic E-state index is -0.366. The van der Waals surface area contributed by atoms with Crippen LogP contribution in [0, 0.1) is 12.7 Å². The summed E-state index contributed by atoms with van der Waals surface area (Å²) in [7, 11) is 0. The molecule has 0 spiro atoms. The SMILES string of the molecule is Cc1cc(Br)c(F)cc1NC(=O)C1CCCCCN1. The first kappa shape index (κ1) is 14.5. The average Bonchev–Trinajstić information content (AvgIpc) is 2.64. The van der Waals surface area contributed by atoms with E-state index in [1.54, 1.807) is 6.07 Å². The molecule has 1 heterocycles. The second-order valence-electron chi connectivity index (χ2n) is 4.93. The van der Waals surface area contributed by atoms with Crippen molar-refractivity contribution < 1.29 is 9.18 Å². The van der Waals surface area contributed by atoms with Gasteiger partial charge in [-0.1, -0.05) is 12.8 Å². The van der Waals surface area contributed by atoms with Gasteiger partial charge in [-0.2, -0.15) is 0 Å². The lowest BCUT2D eigenvalue weighted by Gasteiger charge is -2.17. The van der Waals surface area contributed by atoms with Crippen molar-refractivity contribution in [3.8, 4) is 0 Å². The molecular weight excluding hydrogens is 311 g/mol. The van der Waals surface area contributed by atoms with Crippen molar-refractivity contribution in [2.75, 3.05) is 11.9 Å². The molecule has 0 radical (unpaired) electrons. The van der Waals surface area contributed by atoms with Crippen LogP contribution >= 0.6 is 15.9 Å². The molecule has 1 aromatic rings. The van der Waals surface area contributed by atoms with Crippen LogP contribution in [-0.4, -0.2) is 18.5 Å². The van der Waals surface area contributed by atoms with Gasteiger partial charge in [0.25, 0.3) is 0 Å². The summed E-state index contributed by atoms with van der Waals surface area (Å²) in [6.45, 7) is 2.71. The van der Waals surface area contributed by atoms with Gasteiger partial charge in [-0.05, 0) is 59.9 Å². The topological polar surface area (TPSA) is 41.1 Å². The number of benzene rings is 1. The summed E-state index contributed by atoms with van der Waals surface area (Å²) in [5.41, 5.74) is 1.38. The summed E-state index contributed by atoms with van der Waals surface area (Å²) >= 11 is 3.13. The van der Waals surface area contributed by atoms with E-state index in [2.05, 4.69) is 26.6 Å². The summed E-state index contributed by atoms with van der Waals surface area (Å²) < 4.78 is 13.9. The molecule has 1 atom stereocenters. The van der Waals surface area contributed by atoms with E-state index in [-0.39, 0.29) is 17.8 Å². The van der Waals surface area contributed by atoms with Crippen LogP contribution in [0.4, 0.5) is 10.1 Å². The Balaban J connectivity index is 2.07. The zero-order chi connectivity index (χ0) is 13.8. The minimum Gasteiger partial charge on any atom is -0.324 e. The smallest absolute Gasteiger partial charge is 0.241 e. The molecule has 5 heteroatoms. The maximum atomic E-state index is 13.5. The fourth-order valence-electron chi connectivity index (χ4n) is 2.25. The third-order valence-electron chi connectivity index (χ3n) is 3.40. The number of hydrogen-bond acceptors (Lipinski definition) is 2. The quantitative estimate of drug-likeness (QED) is 0.873. The summed E-state index contributed by atoms with van der Waals surface area (Å²) in [5, 5.41) is 6.05. The van der Waals surface area contributed by atoms with Gasteiger partial charge in [0.1, 0.15) is 5.82 Å². The molecule has 1 fully saturated rings. The molecular formula is C14H18BrFN2O. The molecule has 1 aliphatic heterocycles. The summed E-state index contributed by atoms with van der Waals surface area (Å²) in [6.07, 6.45) is 4.15. The fourth-order valence-corrected chi connectivity index (χ4v) is 2.71. The molecule has 0 aromatic heterocycles. The van der Waals surface area contributed by atoms with Crippen molar-refractivity contribution in [2.24, 2.45) is 0 Å². The van der Waals surface area contributed by atoms with Crippen LogP contribution in [0.2, 0.25) is 0 Å². The molecule has 1 unspecified atom stereocenters. The molecule has 2 N–H and O–H groups in total. The van der Waals surface area contributed by atoms with Gasteiger partial charge in [-0.15, -0.1) is 0 Å². The first-order chi connectivity index (χ1) is 9.08. The van der Waals surface area contributed by atoms with E-state index >= 15 is 0 Å². The molecule has 1 amide bonds. The van der Waals surface area contributed by atoms with E-state index in [9.17, 15) is 9.18 Å². The number of carbonyl (C=O) groups is 1. The van der Waals surface area contributed by atoms with Crippen LogP contribution in [0.25, 0.3) is 0 Å². The number of hydrogen-bond donors (Lipinski definition) is 2. The third-order valence-corrected chi connectivity index (χ3v) is 4.01. The van der Waals surface area contributed by atoms with Crippen LogP contribution < -0.4 is 10.6 Å². The van der Waals surface area contributed by atoms with E-state index in [4.69, 9.17) is 0 Å².